The fraction of sp³-hybridized carbons (Fsp3) is 0.368. The first-order chi connectivity index (χ1) is 12.5. The number of carbonyl (C=O) groups excluding carboxylic acids is 2. The summed E-state index contributed by atoms with van der Waals surface area (Å²) >= 11 is 6.11. The van der Waals surface area contributed by atoms with Crippen LogP contribution in [0.2, 0.25) is 5.15 Å². The molecule has 0 saturated carbocycles. The van der Waals surface area contributed by atoms with Crippen molar-refractivity contribution in [2.75, 3.05) is 0 Å². The molecule has 26 heavy (non-hydrogen) atoms. The van der Waals surface area contributed by atoms with Gasteiger partial charge in [0, 0.05) is 12.0 Å². The summed E-state index contributed by atoms with van der Waals surface area (Å²) in [7, 11) is 0. The number of carbonyl (C=O) groups is 2. The van der Waals surface area contributed by atoms with Gasteiger partial charge in [0.05, 0.1) is 6.04 Å². The number of esters is 1. The molecule has 1 aromatic heterocycles. The van der Waals surface area contributed by atoms with Gasteiger partial charge in [-0.15, -0.1) is 5.10 Å². The van der Waals surface area contributed by atoms with Crippen molar-refractivity contribution < 1.29 is 14.3 Å². The summed E-state index contributed by atoms with van der Waals surface area (Å²) in [6.07, 6.45) is 2.99. The first kappa shape index (κ1) is 18.3. The molecule has 1 aliphatic carbocycles. The van der Waals surface area contributed by atoms with Gasteiger partial charge in [-0.3, -0.25) is 4.79 Å². The van der Waals surface area contributed by atoms with Gasteiger partial charge in [0.1, 0.15) is 5.76 Å². The van der Waals surface area contributed by atoms with Crippen LogP contribution in [0.4, 0.5) is 0 Å². The molecule has 1 aliphatic rings. The molecule has 0 N–H and O–H groups in total. The van der Waals surface area contributed by atoms with E-state index in [1.807, 2.05) is 37.3 Å². The molecule has 0 saturated heterocycles. The van der Waals surface area contributed by atoms with Gasteiger partial charge in [-0.2, -0.15) is 0 Å². The lowest BCUT2D eigenvalue weighted by Gasteiger charge is -2.19. The van der Waals surface area contributed by atoms with Gasteiger partial charge in [0.25, 0.3) is 0 Å². The largest absolute Gasteiger partial charge is 0.426 e. The number of nitrogens with zero attached hydrogens (tertiary/aromatic N) is 3. The standard InChI is InChI=1S/C19H20ClN3O3/c1-12(14-8-4-3-5-9-14)23-17(18(20)21-22-23)19(25)26-16-11-7-6-10-15(16)13(2)24/h3-5,8-9,12H,6-7,10-11H2,1-2H3/t12-/m1/s1. The highest BCUT2D eigenvalue weighted by Crippen LogP contribution is 2.29. The van der Waals surface area contributed by atoms with E-state index in [2.05, 4.69) is 10.3 Å². The van der Waals surface area contributed by atoms with Gasteiger partial charge in [-0.05, 0) is 38.7 Å². The maximum absolute atomic E-state index is 12.8. The number of allylic oxidation sites excluding steroid dienone is 2. The van der Waals surface area contributed by atoms with Crippen LogP contribution in [-0.2, 0) is 9.53 Å². The smallest absolute Gasteiger partial charge is 0.365 e. The van der Waals surface area contributed by atoms with Gasteiger partial charge in [0.15, 0.2) is 16.6 Å². The van der Waals surface area contributed by atoms with Gasteiger partial charge < -0.3 is 4.74 Å². The Morgan fingerprint density at radius 2 is 1.88 bits per heavy atom. The number of benzene rings is 1. The predicted molar refractivity (Wildman–Crippen MR) is 96.9 cm³/mol. The lowest BCUT2D eigenvalue weighted by molar-refractivity contribution is -0.114. The van der Waals surface area contributed by atoms with E-state index in [1.165, 1.54) is 11.6 Å². The quantitative estimate of drug-likeness (QED) is 0.737. The topological polar surface area (TPSA) is 74.1 Å². The molecule has 0 radical (unpaired) electrons. The molecule has 0 fully saturated rings. The Labute approximate surface area is 156 Å². The Kier molecular flexibility index (Phi) is 5.52. The maximum Gasteiger partial charge on any atom is 0.365 e. The zero-order valence-electron chi connectivity index (χ0n) is 14.7. The second-order valence-electron chi connectivity index (χ2n) is 6.31. The summed E-state index contributed by atoms with van der Waals surface area (Å²) in [5.41, 5.74) is 1.63. The minimum Gasteiger partial charge on any atom is -0.426 e. The van der Waals surface area contributed by atoms with E-state index in [4.69, 9.17) is 16.3 Å². The number of halogens is 1. The minimum atomic E-state index is -0.640. The molecule has 7 heteroatoms. The third-order valence-electron chi connectivity index (χ3n) is 4.55. The molecule has 1 heterocycles. The van der Waals surface area contributed by atoms with E-state index < -0.39 is 5.97 Å². The molecule has 3 rings (SSSR count). The monoisotopic (exact) mass is 373 g/mol. The maximum atomic E-state index is 12.8. The fourth-order valence-electron chi connectivity index (χ4n) is 3.12. The lowest BCUT2D eigenvalue weighted by Crippen LogP contribution is -2.19. The predicted octanol–water partition coefficient (Wildman–Crippen LogP) is 4.11. The van der Waals surface area contributed by atoms with Crippen molar-refractivity contribution in [2.24, 2.45) is 0 Å². The SMILES string of the molecule is CC(=O)C1=C(OC(=O)c2c(Cl)nnn2[C@H](C)c2ccccc2)CCCC1. The molecule has 0 aliphatic heterocycles. The van der Waals surface area contributed by atoms with E-state index in [9.17, 15) is 9.59 Å². The highest BCUT2D eigenvalue weighted by molar-refractivity contribution is 6.32. The van der Waals surface area contributed by atoms with Crippen LogP contribution in [0, 0.1) is 0 Å². The first-order valence-corrected chi connectivity index (χ1v) is 8.97. The average Bonchev–Trinajstić information content (AvgIpc) is 3.03. The Balaban J connectivity index is 1.91. The van der Waals surface area contributed by atoms with Crippen molar-refractivity contribution in [3.63, 3.8) is 0 Å². The average molecular weight is 374 g/mol. The Bertz CT molecular complexity index is 858. The molecule has 0 bridgehead atoms. The molecule has 2 aromatic rings. The summed E-state index contributed by atoms with van der Waals surface area (Å²) in [6, 6.07) is 9.37. The molecule has 0 unspecified atom stereocenters. The lowest BCUT2D eigenvalue weighted by atomic mass is 9.95. The first-order valence-electron chi connectivity index (χ1n) is 8.59. The third kappa shape index (κ3) is 3.70. The number of ether oxygens (including phenoxy) is 1. The zero-order chi connectivity index (χ0) is 18.7. The third-order valence-corrected chi connectivity index (χ3v) is 4.81. The van der Waals surface area contributed by atoms with Crippen molar-refractivity contribution in [1.29, 1.82) is 0 Å². The number of rotatable bonds is 5. The number of ketones is 1. The summed E-state index contributed by atoms with van der Waals surface area (Å²) in [5.74, 6) is -0.272. The number of Topliss-reactive ketones (excluding diaryl/α,β-unsaturated/α-hetero) is 1. The van der Waals surface area contributed by atoms with Gasteiger partial charge >= 0.3 is 5.97 Å². The summed E-state index contributed by atoms with van der Waals surface area (Å²) in [5, 5.41) is 7.82. The number of hydrogen-bond acceptors (Lipinski definition) is 5. The second kappa shape index (κ2) is 7.83. The zero-order valence-corrected chi connectivity index (χ0v) is 15.5. The molecule has 136 valence electrons. The van der Waals surface area contributed by atoms with Crippen LogP contribution in [0.3, 0.4) is 0 Å². The van der Waals surface area contributed by atoms with Crippen LogP contribution in [0.25, 0.3) is 0 Å². The van der Waals surface area contributed by atoms with Crippen LogP contribution in [0.1, 0.15) is 61.6 Å². The van der Waals surface area contributed by atoms with Crippen LogP contribution in [0.5, 0.6) is 0 Å². The Morgan fingerprint density at radius 3 is 2.58 bits per heavy atom. The molecule has 0 amide bonds. The van der Waals surface area contributed by atoms with Crippen LogP contribution >= 0.6 is 11.6 Å². The van der Waals surface area contributed by atoms with E-state index >= 15 is 0 Å². The van der Waals surface area contributed by atoms with E-state index in [0.717, 1.165) is 18.4 Å². The second-order valence-corrected chi connectivity index (χ2v) is 6.67. The summed E-state index contributed by atoms with van der Waals surface area (Å²) < 4.78 is 7.01. The van der Waals surface area contributed by atoms with Crippen molar-refractivity contribution in [1.82, 2.24) is 15.0 Å². The van der Waals surface area contributed by atoms with Gasteiger partial charge in [-0.25, -0.2) is 9.48 Å². The fourth-order valence-corrected chi connectivity index (χ4v) is 3.32. The van der Waals surface area contributed by atoms with Crippen molar-refractivity contribution in [2.45, 2.75) is 45.6 Å². The molecule has 1 atom stereocenters. The molecule has 6 nitrogen and oxygen atoms in total. The molecule has 0 spiro atoms. The molecular formula is C19H20ClN3O3. The summed E-state index contributed by atoms with van der Waals surface area (Å²) in [6.45, 7) is 3.39. The van der Waals surface area contributed by atoms with Crippen molar-refractivity contribution in [3.05, 3.63) is 58.1 Å². The number of hydrogen-bond donors (Lipinski definition) is 0. The van der Waals surface area contributed by atoms with Crippen molar-refractivity contribution >= 4 is 23.4 Å². The van der Waals surface area contributed by atoms with Crippen LogP contribution in [0.15, 0.2) is 41.7 Å². The highest BCUT2D eigenvalue weighted by Gasteiger charge is 2.27. The number of aromatic nitrogens is 3. The normalized spacial score (nSPS) is 15.7. The summed E-state index contributed by atoms with van der Waals surface area (Å²) in [4.78, 5) is 24.6. The Hall–Kier alpha value is -2.47. The molecular weight excluding hydrogens is 354 g/mol. The highest BCUT2D eigenvalue weighted by atomic mass is 35.5. The van der Waals surface area contributed by atoms with Crippen LogP contribution < -0.4 is 0 Å². The van der Waals surface area contributed by atoms with E-state index in [1.54, 1.807) is 0 Å². The van der Waals surface area contributed by atoms with E-state index in [0.29, 0.717) is 24.2 Å². The van der Waals surface area contributed by atoms with Crippen LogP contribution in [-0.4, -0.2) is 26.7 Å². The molecule has 1 aromatic carbocycles. The van der Waals surface area contributed by atoms with Gasteiger partial charge in [0.2, 0.25) is 0 Å². The minimum absolute atomic E-state index is 0.0152. The van der Waals surface area contributed by atoms with Crippen molar-refractivity contribution in [3.8, 4) is 0 Å². The Morgan fingerprint density at radius 1 is 1.19 bits per heavy atom. The van der Waals surface area contributed by atoms with Gasteiger partial charge in [-0.1, -0.05) is 47.1 Å². The van der Waals surface area contributed by atoms with E-state index in [-0.39, 0.29) is 22.7 Å².